The monoisotopic (exact) mass is 352 g/mol. The molecule has 0 saturated heterocycles. The lowest BCUT2D eigenvalue weighted by atomic mass is 10.2. The molecule has 0 atom stereocenters. The fourth-order valence-corrected chi connectivity index (χ4v) is 3.26. The van der Waals surface area contributed by atoms with Crippen molar-refractivity contribution in [1.82, 2.24) is 4.98 Å². The van der Waals surface area contributed by atoms with E-state index in [0.717, 1.165) is 50.5 Å². The lowest BCUT2D eigenvalue weighted by molar-refractivity contribution is 0.498. The molecule has 1 aromatic heterocycles. The first-order valence-electron chi connectivity index (χ1n) is 8.68. The zero-order valence-corrected chi connectivity index (χ0v) is 14.6. The number of rotatable bonds is 0. The molecule has 0 unspecified atom stereocenters. The molecule has 4 aliphatic heterocycles. The Morgan fingerprint density at radius 1 is 0.741 bits per heavy atom. The lowest BCUT2D eigenvalue weighted by Gasteiger charge is -1.93. The second-order valence-electron chi connectivity index (χ2n) is 6.60. The van der Waals surface area contributed by atoms with Gasteiger partial charge in [-0.3, -0.25) is 0 Å². The van der Waals surface area contributed by atoms with Gasteiger partial charge in [-0.2, -0.15) is 0 Å². The van der Waals surface area contributed by atoms with E-state index in [1.807, 2.05) is 66.8 Å². The summed E-state index contributed by atoms with van der Waals surface area (Å²) in [5, 5.41) is 11.6. The van der Waals surface area contributed by atoms with Gasteiger partial charge in [0.1, 0.15) is 0 Å². The van der Waals surface area contributed by atoms with Crippen molar-refractivity contribution in [3.63, 3.8) is 0 Å². The van der Waals surface area contributed by atoms with Crippen molar-refractivity contribution < 1.29 is 5.11 Å². The van der Waals surface area contributed by atoms with Gasteiger partial charge < -0.3 is 10.1 Å². The molecule has 0 aromatic carbocycles. The van der Waals surface area contributed by atoms with Gasteiger partial charge in [0, 0.05) is 10.9 Å². The average molecular weight is 352 g/mol. The molecule has 0 radical (unpaired) electrons. The maximum absolute atomic E-state index is 10.1. The Morgan fingerprint density at radius 2 is 1.26 bits per heavy atom. The van der Waals surface area contributed by atoms with Gasteiger partial charge in [0.2, 0.25) is 0 Å². The highest BCUT2D eigenvalue weighted by Crippen LogP contribution is 2.18. The first-order chi connectivity index (χ1) is 13.1. The number of aromatic amines is 1. The molecule has 1 aromatic rings. The van der Waals surface area contributed by atoms with Crippen LogP contribution in [0, 0.1) is 0 Å². The summed E-state index contributed by atoms with van der Waals surface area (Å²) in [6, 6.07) is 1.91. The number of nitrogens with zero attached hydrogens (tertiary/aromatic N) is 3. The molecule has 5 heteroatoms. The van der Waals surface area contributed by atoms with Gasteiger partial charge in [-0.15, -0.1) is 0 Å². The first-order valence-corrected chi connectivity index (χ1v) is 8.68. The Hall–Kier alpha value is -3.73. The number of aliphatic imine (C=N–C) groups is 3. The second kappa shape index (κ2) is 5.92. The number of H-pyrrole nitrogens is 1. The van der Waals surface area contributed by atoms with E-state index in [1.165, 1.54) is 0 Å². The Bertz CT molecular complexity index is 1260. The molecule has 0 aliphatic carbocycles. The van der Waals surface area contributed by atoms with E-state index in [9.17, 15) is 5.11 Å². The van der Waals surface area contributed by atoms with Crippen molar-refractivity contribution in [1.29, 1.82) is 0 Å². The molecule has 130 valence electrons. The van der Waals surface area contributed by atoms with Gasteiger partial charge in [-0.1, -0.05) is 0 Å². The summed E-state index contributed by atoms with van der Waals surface area (Å²) >= 11 is 0. The quantitative estimate of drug-likeness (QED) is 0.740. The minimum absolute atomic E-state index is 0.256. The summed E-state index contributed by atoms with van der Waals surface area (Å²) in [6.45, 7) is 1.68. The predicted molar refractivity (Wildman–Crippen MR) is 110 cm³/mol. The number of fused-ring (bicyclic) bond motifs is 5. The van der Waals surface area contributed by atoms with E-state index in [0.29, 0.717) is 0 Å². The molecule has 0 fully saturated rings. The summed E-state index contributed by atoms with van der Waals surface area (Å²) in [5.41, 5.74) is 5.96. The van der Waals surface area contributed by atoms with E-state index in [1.54, 1.807) is 6.92 Å². The molecular weight excluding hydrogens is 336 g/mol. The third kappa shape index (κ3) is 3.00. The van der Waals surface area contributed by atoms with Gasteiger partial charge in [0.15, 0.2) is 0 Å². The van der Waals surface area contributed by atoms with Gasteiger partial charge in [0.25, 0.3) is 0 Å². The third-order valence-electron chi connectivity index (χ3n) is 4.50. The summed E-state index contributed by atoms with van der Waals surface area (Å²) in [5.74, 6) is 0.256. The van der Waals surface area contributed by atoms with Crippen molar-refractivity contribution in [2.45, 2.75) is 6.92 Å². The highest BCUT2D eigenvalue weighted by molar-refractivity contribution is 6.20. The number of hydrogen-bond donors (Lipinski definition) is 2. The van der Waals surface area contributed by atoms with Crippen molar-refractivity contribution in [2.24, 2.45) is 15.0 Å². The van der Waals surface area contributed by atoms with Gasteiger partial charge in [-0.05, 0) is 73.8 Å². The molecular formula is C22H16N4O. The minimum Gasteiger partial charge on any atom is -0.512 e. The number of allylic oxidation sites excluding steroid dienone is 8. The van der Waals surface area contributed by atoms with E-state index in [4.69, 9.17) is 0 Å². The molecule has 0 spiro atoms. The molecule has 5 nitrogen and oxygen atoms in total. The van der Waals surface area contributed by atoms with Crippen molar-refractivity contribution in [3.05, 3.63) is 88.0 Å². The molecule has 0 amide bonds. The Morgan fingerprint density at radius 3 is 1.81 bits per heavy atom. The average Bonchev–Trinajstić information content (AvgIpc) is 3.38. The van der Waals surface area contributed by atoms with Crippen LogP contribution in [-0.4, -0.2) is 27.2 Å². The lowest BCUT2D eigenvalue weighted by Crippen LogP contribution is -2.25. The van der Waals surface area contributed by atoms with Gasteiger partial charge in [-0.25, -0.2) is 15.0 Å². The summed E-state index contributed by atoms with van der Waals surface area (Å²) in [6.07, 6.45) is 19.6. The summed E-state index contributed by atoms with van der Waals surface area (Å²) in [7, 11) is 0. The van der Waals surface area contributed by atoms with Crippen LogP contribution < -0.4 is 10.6 Å². The van der Waals surface area contributed by atoms with Crippen LogP contribution in [0.4, 0.5) is 0 Å². The second-order valence-corrected chi connectivity index (χ2v) is 6.60. The van der Waals surface area contributed by atoms with Crippen molar-refractivity contribution >= 4 is 35.0 Å². The zero-order valence-electron chi connectivity index (χ0n) is 14.6. The first kappa shape index (κ1) is 15.5. The topological polar surface area (TPSA) is 73.1 Å². The SMILES string of the molecule is C/C(O)=c1\cc2[nH]c1=CC1=NC(=CC3=NC(=CC4=NC(=C2)C=C4)C=C3)C=C1. The zero-order chi connectivity index (χ0) is 18.4. The standard InChI is InChI=1S/C22H16N4O/c1-13(27)21-11-20-10-18-5-4-16(24-18)8-14-2-3-15(23-14)9-17-6-7-19(25-17)12-22(21)26-20/h2-12,26-27H,1H3/b14-8?,17-9?,18-10?,21-13-,22-12?. The minimum atomic E-state index is 0.256. The van der Waals surface area contributed by atoms with Crippen LogP contribution in [-0.2, 0) is 0 Å². The fraction of sp³-hybridized carbons (Fsp3) is 0.0455. The summed E-state index contributed by atoms with van der Waals surface area (Å²) in [4.78, 5) is 17.2. The Balaban J connectivity index is 1.75. The van der Waals surface area contributed by atoms with E-state index in [2.05, 4.69) is 20.0 Å². The van der Waals surface area contributed by atoms with Crippen molar-refractivity contribution in [3.8, 4) is 0 Å². The van der Waals surface area contributed by atoms with E-state index < -0.39 is 0 Å². The fourth-order valence-electron chi connectivity index (χ4n) is 3.26. The highest BCUT2D eigenvalue weighted by Gasteiger charge is 2.10. The predicted octanol–water partition coefficient (Wildman–Crippen LogP) is 2.64. The Labute approximate surface area is 155 Å². The third-order valence-corrected chi connectivity index (χ3v) is 4.50. The van der Waals surface area contributed by atoms with Crippen LogP contribution in [0.15, 0.2) is 86.7 Å². The molecule has 5 heterocycles. The normalized spacial score (nSPS) is 20.5. The molecule has 8 bridgehead atoms. The van der Waals surface area contributed by atoms with Gasteiger partial charge in [0.05, 0.1) is 45.3 Å². The smallest absolute Gasteiger partial charge is 0.0985 e. The number of hydrogen-bond acceptors (Lipinski definition) is 4. The summed E-state index contributed by atoms with van der Waals surface area (Å²) < 4.78 is 0. The van der Waals surface area contributed by atoms with Crippen LogP contribution in [0.25, 0.3) is 17.9 Å². The Kier molecular flexibility index (Phi) is 3.40. The maximum Gasteiger partial charge on any atom is 0.0985 e. The molecule has 4 aliphatic rings. The van der Waals surface area contributed by atoms with Gasteiger partial charge >= 0.3 is 0 Å². The largest absolute Gasteiger partial charge is 0.512 e. The highest BCUT2D eigenvalue weighted by atomic mass is 16.3. The van der Waals surface area contributed by atoms with E-state index >= 15 is 0 Å². The van der Waals surface area contributed by atoms with Crippen LogP contribution in [0.2, 0.25) is 0 Å². The molecule has 5 rings (SSSR count). The molecule has 27 heavy (non-hydrogen) atoms. The van der Waals surface area contributed by atoms with E-state index in [-0.39, 0.29) is 5.76 Å². The molecule has 0 saturated carbocycles. The number of aromatic nitrogens is 1. The van der Waals surface area contributed by atoms with Crippen LogP contribution in [0.3, 0.4) is 0 Å². The van der Waals surface area contributed by atoms with Crippen molar-refractivity contribution in [2.75, 3.05) is 0 Å². The van der Waals surface area contributed by atoms with Crippen LogP contribution in [0.1, 0.15) is 12.6 Å². The van der Waals surface area contributed by atoms with Crippen LogP contribution in [0.5, 0.6) is 0 Å². The number of nitrogens with one attached hydrogen (secondary N) is 1. The van der Waals surface area contributed by atoms with Crippen LogP contribution >= 0.6 is 0 Å². The number of aliphatic hydroxyl groups excluding tert-OH is 1. The number of aliphatic hydroxyl groups is 1. The molecule has 2 N–H and O–H groups in total. The maximum atomic E-state index is 10.1.